The van der Waals surface area contributed by atoms with Gasteiger partial charge in [-0.3, -0.25) is 0 Å². The molecule has 22 heavy (non-hydrogen) atoms. The smallest absolute Gasteiger partial charge is 0.0802 e. The summed E-state index contributed by atoms with van der Waals surface area (Å²) in [4.78, 5) is 0. The molecule has 0 amide bonds. The van der Waals surface area contributed by atoms with E-state index >= 15 is 0 Å². The highest BCUT2D eigenvalue weighted by atomic mass is 16.5. The molecule has 4 heteroatoms. The summed E-state index contributed by atoms with van der Waals surface area (Å²) in [6.45, 7) is 7.56. The number of hydrogen-bond acceptors (Lipinski definition) is 4. The van der Waals surface area contributed by atoms with E-state index in [1.54, 1.807) is 0 Å². The molecule has 4 nitrogen and oxygen atoms in total. The van der Waals surface area contributed by atoms with Gasteiger partial charge in [-0.05, 0) is 50.4 Å². The van der Waals surface area contributed by atoms with Crippen LogP contribution in [0.4, 0.5) is 0 Å². The van der Waals surface area contributed by atoms with Gasteiger partial charge in [0.15, 0.2) is 0 Å². The van der Waals surface area contributed by atoms with E-state index in [1.807, 2.05) is 0 Å². The first kappa shape index (κ1) is 19.6. The molecular formula is C18H34O4. The number of hydrogen-bond donors (Lipinski definition) is 2. The standard InChI is InChI=1S/C9H18O3.C9H16O/c1-2-3-12-6-7-4-8(10)9(11)5-7;1-2-7-10-8-9-5-3-4-6-9/h7-11H,2-6H2,1H3;3-4,9H,2,5-8H2,1H3. The van der Waals surface area contributed by atoms with E-state index in [-0.39, 0.29) is 0 Å². The van der Waals surface area contributed by atoms with Gasteiger partial charge in [-0.1, -0.05) is 26.0 Å². The van der Waals surface area contributed by atoms with E-state index in [2.05, 4.69) is 26.0 Å². The Kier molecular flexibility index (Phi) is 10.8. The van der Waals surface area contributed by atoms with E-state index in [1.165, 1.54) is 12.8 Å². The molecule has 0 saturated heterocycles. The molecule has 130 valence electrons. The lowest BCUT2D eigenvalue weighted by Gasteiger charge is -2.08. The molecule has 1 saturated carbocycles. The second-order valence-corrected chi connectivity index (χ2v) is 6.43. The van der Waals surface area contributed by atoms with Gasteiger partial charge in [-0.2, -0.15) is 0 Å². The van der Waals surface area contributed by atoms with Crippen molar-refractivity contribution in [1.82, 2.24) is 0 Å². The minimum Gasteiger partial charge on any atom is -0.390 e. The largest absolute Gasteiger partial charge is 0.390 e. The van der Waals surface area contributed by atoms with Crippen molar-refractivity contribution in [2.75, 3.05) is 26.4 Å². The van der Waals surface area contributed by atoms with Gasteiger partial charge in [0.2, 0.25) is 0 Å². The van der Waals surface area contributed by atoms with Crippen molar-refractivity contribution in [1.29, 1.82) is 0 Å². The topological polar surface area (TPSA) is 58.9 Å². The fourth-order valence-corrected chi connectivity index (χ4v) is 2.83. The molecule has 0 aromatic carbocycles. The van der Waals surface area contributed by atoms with Gasteiger partial charge in [-0.25, -0.2) is 0 Å². The van der Waals surface area contributed by atoms with Crippen molar-refractivity contribution in [3.63, 3.8) is 0 Å². The maximum atomic E-state index is 9.22. The zero-order chi connectivity index (χ0) is 16.2. The Morgan fingerprint density at radius 1 is 0.818 bits per heavy atom. The molecular weight excluding hydrogens is 280 g/mol. The summed E-state index contributed by atoms with van der Waals surface area (Å²) in [5.41, 5.74) is 0. The van der Waals surface area contributed by atoms with Gasteiger partial charge in [0, 0.05) is 26.4 Å². The fraction of sp³-hybridized carbons (Fsp3) is 0.889. The zero-order valence-corrected chi connectivity index (χ0v) is 14.2. The van der Waals surface area contributed by atoms with Crippen molar-refractivity contribution < 1.29 is 19.7 Å². The van der Waals surface area contributed by atoms with Crippen LogP contribution in [0.25, 0.3) is 0 Å². The van der Waals surface area contributed by atoms with Gasteiger partial charge in [0.1, 0.15) is 0 Å². The molecule has 2 atom stereocenters. The van der Waals surface area contributed by atoms with Crippen LogP contribution in [0.15, 0.2) is 12.2 Å². The lowest BCUT2D eigenvalue weighted by Crippen LogP contribution is -2.17. The molecule has 0 heterocycles. The summed E-state index contributed by atoms with van der Waals surface area (Å²) < 4.78 is 10.8. The van der Waals surface area contributed by atoms with E-state index in [9.17, 15) is 10.2 Å². The molecule has 0 radical (unpaired) electrons. The van der Waals surface area contributed by atoms with Crippen LogP contribution in [0.1, 0.15) is 52.4 Å². The SMILES string of the molecule is CCCOCC1CC(O)C(O)C1.CCCOCC1CC=CC1. The summed E-state index contributed by atoms with van der Waals surface area (Å²) in [5.74, 6) is 1.13. The van der Waals surface area contributed by atoms with Crippen LogP contribution in [0.2, 0.25) is 0 Å². The van der Waals surface area contributed by atoms with Gasteiger partial charge in [-0.15, -0.1) is 0 Å². The second kappa shape index (κ2) is 12.1. The van der Waals surface area contributed by atoms with E-state index in [0.717, 1.165) is 38.6 Å². The first-order valence-corrected chi connectivity index (χ1v) is 8.83. The Labute approximate surface area is 135 Å². The third kappa shape index (κ3) is 8.28. The molecule has 0 aromatic heterocycles. The van der Waals surface area contributed by atoms with Crippen LogP contribution >= 0.6 is 0 Å². The van der Waals surface area contributed by atoms with E-state index in [4.69, 9.17) is 9.47 Å². The number of ether oxygens (including phenoxy) is 2. The summed E-state index contributed by atoms with van der Waals surface area (Å²) in [6.07, 6.45) is 9.43. The van der Waals surface area contributed by atoms with Crippen LogP contribution < -0.4 is 0 Å². The third-order valence-corrected chi connectivity index (χ3v) is 4.10. The summed E-state index contributed by atoms with van der Waals surface area (Å²) >= 11 is 0. The van der Waals surface area contributed by atoms with E-state index in [0.29, 0.717) is 25.4 Å². The minimum atomic E-state index is -0.528. The van der Waals surface area contributed by atoms with Crippen LogP contribution in [-0.4, -0.2) is 48.8 Å². The number of aliphatic hydroxyl groups excluding tert-OH is 2. The predicted molar refractivity (Wildman–Crippen MR) is 88.8 cm³/mol. The molecule has 2 aliphatic rings. The Hall–Kier alpha value is -0.420. The highest BCUT2D eigenvalue weighted by molar-refractivity contribution is 4.93. The number of aliphatic hydroxyl groups is 2. The van der Waals surface area contributed by atoms with Crippen LogP contribution in [0.3, 0.4) is 0 Å². The zero-order valence-electron chi connectivity index (χ0n) is 14.2. The van der Waals surface area contributed by atoms with Crippen LogP contribution in [-0.2, 0) is 9.47 Å². The first-order chi connectivity index (χ1) is 10.7. The van der Waals surface area contributed by atoms with Crippen LogP contribution in [0, 0.1) is 11.8 Å². The molecule has 2 N–H and O–H groups in total. The normalized spacial score (nSPS) is 27.9. The molecule has 2 rings (SSSR count). The highest BCUT2D eigenvalue weighted by Gasteiger charge is 2.31. The Morgan fingerprint density at radius 2 is 1.27 bits per heavy atom. The monoisotopic (exact) mass is 314 g/mol. The summed E-state index contributed by atoms with van der Waals surface area (Å²) in [5, 5.41) is 18.4. The van der Waals surface area contributed by atoms with Gasteiger partial charge in [0.25, 0.3) is 0 Å². The lowest BCUT2D eigenvalue weighted by atomic mass is 10.1. The molecule has 2 aliphatic carbocycles. The fourth-order valence-electron chi connectivity index (χ4n) is 2.83. The van der Waals surface area contributed by atoms with Gasteiger partial charge < -0.3 is 19.7 Å². The average molecular weight is 314 g/mol. The molecule has 0 aliphatic heterocycles. The molecule has 0 spiro atoms. The number of rotatable bonds is 8. The van der Waals surface area contributed by atoms with Crippen molar-refractivity contribution in [3.05, 3.63) is 12.2 Å². The highest BCUT2D eigenvalue weighted by Crippen LogP contribution is 2.26. The molecule has 0 bridgehead atoms. The Balaban J connectivity index is 0.000000224. The Morgan fingerprint density at radius 3 is 1.73 bits per heavy atom. The lowest BCUT2D eigenvalue weighted by molar-refractivity contribution is 0.0438. The summed E-state index contributed by atoms with van der Waals surface area (Å²) in [6, 6.07) is 0. The van der Waals surface area contributed by atoms with Crippen LogP contribution in [0.5, 0.6) is 0 Å². The predicted octanol–water partition coefficient (Wildman–Crippen LogP) is 2.92. The quantitative estimate of drug-likeness (QED) is 0.534. The van der Waals surface area contributed by atoms with Gasteiger partial charge >= 0.3 is 0 Å². The minimum absolute atomic E-state index is 0.349. The average Bonchev–Trinajstić information content (AvgIpc) is 3.11. The van der Waals surface area contributed by atoms with Crippen molar-refractivity contribution in [2.24, 2.45) is 11.8 Å². The maximum absolute atomic E-state index is 9.22. The molecule has 2 unspecified atom stereocenters. The van der Waals surface area contributed by atoms with E-state index < -0.39 is 12.2 Å². The summed E-state index contributed by atoms with van der Waals surface area (Å²) in [7, 11) is 0. The second-order valence-electron chi connectivity index (χ2n) is 6.43. The molecule has 0 aromatic rings. The van der Waals surface area contributed by atoms with Crippen molar-refractivity contribution in [3.8, 4) is 0 Å². The Bertz CT molecular complexity index is 275. The van der Waals surface area contributed by atoms with Crippen molar-refractivity contribution in [2.45, 2.75) is 64.6 Å². The van der Waals surface area contributed by atoms with Crippen molar-refractivity contribution >= 4 is 0 Å². The maximum Gasteiger partial charge on any atom is 0.0802 e. The first-order valence-electron chi connectivity index (χ1n) is 8.83. The molecule has 1 fully saturated rings. The third-order valence-electron chi connectivity index (χ3n) is 4.10. The number of allylic oxidation sites excluding steroid dienone is 2. The van der Waals surface area contributed by atoms with Gasteiger partial charge in [0.05, 0.1) is 12.2 Å².